The number of hydrogen-bond donors (Lipinski definition) is 1. The lowest BCUT2D eigenvalue weighted by Gasteiger charge is -2.21. The monoisotopic (exact) mass is 293 g/mol. The highest BCUT2D eigenvalue weighted by Gasteiger charge is 2.11. The molecule has 0 unspecified atom stereocenters. The van der Waals surface area contributed by atoms with Crippen LogP contribution in [0.4, 0.5) is 10.2 Å². The van der Waals surface area contributed by atoms with Crippen molar-refractivity contribution in [2.75, 3.05) is 18.5 Å². The highest BCUT2D eigenvalue weighted by atomic mass is 32.1. The van der Waals surface area contributed by atoms with Gasteiger partial charge in [0, 0.05) is 25.7 Å². The fourth-order valence-electron chi connectivity index (χ4n) is 2.08. The Morgan fingerprint density at radius 1 is 1.45 bits per heavy atom. The average molecular weight is 293 g/mol. The topological polar surface area (TPSA) is 28.2 Å². The molecule has 5 heteroatoms. The molecule has 0 aliphatic carbocycles. The largest absolute Gasteiger partial charge is 0.355 e. The van der Waals surface area contributed by atoms with Gasteiger partial charge in [0.05, 0.1) is 6.20 Å². The molecule has 20 heavy (non-hydrogen) atoms. The van der Waals surface area contributed by atoms with Crippen molar-refractivity contribution >= 4 is 17.2 Å². The summed E-state index contributed by atoms with van der Waals surface area (Å²) in [6.07, 6.45) is 2.34. The summed E-state index contributed by atoms with van der Waals surface area (Å²) in [5.74, 6) is 0.548. The second-order valence-corrected chi connectivity index (χ2v) is 5.58. The lowest BCUT2D eigenvalue weighted by Crippen LogP contribution is -2.22. The summed E-state index contributed by atoms with van der Waals surface area (Å²) in [6, 6.07) is 3.66. The van der Waals surface area contributed by atoms with Crippen LogP contribution in [0.25, 0.3) is 0 Å². The molecule has 0 aliphatic rings. The van der Waals surface area contributed by atoms with Crippen LogP contribution in [0.3, 0.4) is 0 Å². The molecule has 0 atom stereocenters. The lowest BCUT2D eigenvalue weighted by molar-refractivity contribution is 0.610. The van der Waals surface area contributed by atoms with Crippen LogP contribution < -0.4 is 10.2 Å². The standard InChI is InChI=1S/C15H20FN3S/c1-3-5-17-8-13-7-14(16)9-18-15(13)19(2)10-12-4-6-20-11-12/h4,6-7,9,11,17H,3,5,8,10H2,1-2H3. The maximum absolute atomic E-state index is 13.4. The van der Waals surface area contributed by atoms with E-state index in [1.165, 1.54) is 11.8 Å². The van der Waals surface area contributed by atoms with Crippen LogP contribution in [0, 0.1) is 5.82 Å². The van der Waals surface area contributed by atoms with Gasteiger partial charge in [0.25, 0.3) is 0 Å². The number of thiophene rings is 1. The smallest absolute Gasteiger partial charge is 0.141 e. The van der Waals surface area contributed by atoms with Crippen molar-refractivity contribution in [2.24, 2.45) is 0 Å². The van der Waals surface area contributed by atoms with E-state index in [4.69, 9.17) is 0 Å². The molecular weight excluding hydrogens is 273 g/mol. The van der Waals surface area contributed by atoms with E-state index in [1.54, 1.807) is 17.4 Å². The summed E-state index contributed by atoms with van der Waals surface area (Å²) >= 11 is 1.68. The number of nitrogens with zero attached hydrogens (tertiary/aromatic N) is 2. The molecule has 0 spiro atoms. The Bertz CT molecular complexity index is 528. The van der Waals surface area contributed by atoms with Crippen molar-refractivity contribution in [1.29, 1.82) is 0 Å². The van der Waals surface area contributed by atoms with Gasteiger partial charge in [-0.1, -0.05) is 6.92 Å². The van der Waals surface area contributed by atoms with Gasteiger partial charge in [0.2, 0.25) is 0 Å². The van der Waals surface area contributed by atoms with E-state index in [1.807, 2.05) is 7.05 Å². The van der Waals surface area contributed by atoms with Crippen LogP contribution >= 0.6 is 11.3 Å². The predicted molar refractivity (Wildman–Crippen MR) is 82.6 cm³/mol. The minimum atomic E-state index is -0.286. The van der Waals surface area contributed by atoms with E-state index in [0.29, 0.717) is 6.54 Å². The van der Waals surface area contributed by atoms with E-state index < -0.39 is 0 Å². The van der Waals surface area contributed by atoms with E-state index in [9.17, 15) is 4.39 Å². The Hall–Kier alpha value is -1.46. The molecule has 0 fully saturated rings. The van der Waals surface area contributed by atoms with Crippen molar-refractivity contribution in [3.05, 3.63) is 46.0 Å². The Morgan fingerprint density at radius 3 is 3.00 bits per heavy atom. The van der Waals surface area contributed by atoms with E-state index in [-0.39, 0.29) is 5.82 Å². The Kier molecular flexibility index (Phi) is 5.49. The van der Waals surface area contributed by atoms with Gasteiger partial charge in [-0.2, -0.15) is 11.3 Å². The second kappa shape index (κ2) is 7.36. The van der Waals surface area contributed by atoms with Gasteiger partial charge in [0.15, 0.2) is 0 Å². The zero-order valence-electron chi connectivity index (χ0n) is 11.9. The lowest BCUT2D eigenvalue weighted by atomic mass is 10.2. The maximum atomic E-state index is 13.4. The molecule has 0 radical (unpaired) electrons. The molecule has 2 aromatic rings. The maximum Gasteiger partial charge on any atom is 0.141 e. The van der Waals surface area contributed by atoms with E-state index in [2.05, 4.69) is 39.0 Å². The molecule has 0 saturated heterocycles. The molecule has 2 rings (SSSR count). The van der Waals surface area contributed by atoms with E-state index >= 15 is 0 Å². The van der Waals surface area contributed by atoms with Crippen LogP contribution in [0.5, 0.6) is 0 Å². The summed E-state index contributed by atoms with van der Waals surface area (Å²) < 4.78 is 13.4. The highest BCUT2D eigenvalue weighted by Crippen LogP contribution is 2.20. The highest BCUT2D eigenvalue weighted by molar-refractivity contribution is 7.07. The third-order valence-corrected chi connectivity index (χ3v) is 3.75. The number of aromatic nitrogens is 1. The van der Waals surface area contributed by atoms with Crippen molar-refractivity contribution in [3.63, 3.8) is 0 Å². The zero-order chi connectivity index (χ0) is 14.4. The van der Waals surface area contributed by atoms with Gasteiger partial charge in [-0.3, -0.25) is 0 Å². The molecular formula is C15H20FN3S. The normalized spacial score (nSPS) is 10.8. The number of nitrogens with one attached hydrogen (secondary N) is 1. The summed E-state index contributed by atoms with van der Waals surface area (Å²) in [5.41, 5.74) is 2.15. The van der Waals surface area contributed by atoms with Crippen LogP contribution in [-0.2, 0) is 13.1 Å². The van der Waals surface area contributed by atoms with Crippen LogP contribution in [0.1, 0.15) is 24.5 Å². The minimum Gasteiger partial charge on any atom is -0.355 e. The predicted octanol–water partition coefficient (Wildman–Crippen LogP) is 3.42. The van der Waals surface area contributed by atoms with Crippen LogP contribution in [-0.4, -0.2) is 18.6 Å². The zero-order valence-corrected chi connectivity index (χ0v) is 12.7. The number of pyridine rings is 1. The fourth-order valence-corrected chi connectivity index (χ4v) is 2.74. The van der Waals surface area contributed by atoms with Gasteiger partial charge >= 0.3 is 0 Å². The Balaban J connectivity index is 2.12. The first-order valence-electron chi connectivity index (χ1n) is 6.78. The summed E-state index contributed by atoms with van der Waals surface area (Å²) in [5, 5.41) is 7.48. The Morgan fingerprint density at radius 2 is 2.30 bits per heavy atom. The van der Waals surface area contributed by atoms with Gasteiger partial charge < -0.3 is 10.2 Å². The molecule has 2 heterocycles. The molecule has 108 valence electrons. The first kappa shape index (κ1) is 14.9. The molecule has 0 aromatic carbocycles. The molecule has 1 N–H and O–H groups in total. The van der Waals surface area contributed by atoms with Crippen molar-refractivity contribution in [1.82, 2.24) is 10.3 Å². The second-order valence-electron chi connectivity index (χ2n) is 4.80. The van der Waals surface area contributed by atoms with Crippen molar-refractivity contribution in [3.8, 4) is 0 Å². The number of hydrogen-bond acceptors (Lipinski definition) is 4. The third kappa shape index (κ3) is 4.02. The molecule has 3 nitrogen and oxygen atoms in total. The molecule has 0 bridgehead atoms. The van der Waals surface area contributed by atoms with Gasteiger partial charge in [-0.25, -0.2) is 9.37 Å². The van der Waals surface area contributed by atoms with Gasteiger partial charge in [-0.15, -0.1) is 0 Å². The third-order valence-electron chi connectivity index (χ3n) is 3.01. The van der Waals surface area contributed by atoms with E-state index in [0.717, 1.165) is 30.9 Å². The molecule has 0 amide bonds. The first-order valence-corrected chi connectivity index (χ1v) is 7.72. The quantitative estimate of drug-likeness (QED) is 0.793. The summed E-state index contributed by atoms with van der Waals surface area (Å²) in [6.45, 7) is 4.45. The van der Waals surface area contributed by atoms with Crippen molar-refractivity contribution in [2.45, 2.75) is 26.4 Å². The minimum absolute atomic E-state index is 0.286. The number of anilines is 1. The van der Waals surface area contributed by atoms with Crippen LogP contribution in [0.15, 0.2) is 29.1 Å². The summed E-state index contributed by atoms with van der Waals surface area (Å²) in [7, 11) is 1.99. The van der Waals surface area contributed by atoms with Gasteiger partial charge in [-0.05, 0) is 41.4 Å². The fraction of sp³-hybridized carbons (Fsp3) is 0.400. The number of rotatable bonds is 7. The summed E-state index contributed by atoms with van der Waals surface area (Å²) in [4.78, 5) is 6.31. The van der Waals surface area contributed by atoms with Crippen molar-refractivity contribution < 1.29 is 4.39 Å². The van der Waals surface area contributed by atoms with Crippen LogP contribution in [0.2, 0.25) is 0 Å². The average Bonchev–Trinajstić information content (AvgIpc) is 2.92. The molecule has 2 aromatic heterocycles. The number of halogens is 1. The molecule has 0 saturated carbocycles. The Labute approximate surface area is 123 Å². The first-order chi connectivity index (χ1) is 9.70. The van der Waals surface area contributed by atoms with Gasteiger partial charge in [0.1, 0.15) is 11.6 Å². The SMILES string of the molecule is CCCNCc1cc(F)cnc1N(C)Cc1ccsc1. The molecule has 0 aliphatic heterocycles.